The number of carbonyl (C=O) groups excluding carboxylic acids is 1. The molecular weight excluding hydrogens is 375 g/mol. The molecule has 0 atom stereocenters. The zero-order chi connectivity index (χ0) is 20.0. The van der Waals surface area contributed by atoms with Crippen LogP contribution in [0.5, 0.6) is 0 Å². The van der Waals surface area contributed by atoms with Crippen LogP contribution in [0.15, 0.2) is 47.6 Å². The third-order valence-electron chi connectivity index (χ3n) is 3.19. The van der Waals surface area contributed by atoms with E-state index in [1.165, 1.54) is 35.8 Å². The maximum Gasteiger partial charge on any atom is 0.449 e. The highest BCUT2D eigenvalue weighted by Gasteiger charge is 2.39. The van der Waals surface area contributed by atoms with E-state index in [1.807, 2.05) is 0 Å². The number of nitrogens with one attached hydrogen (secondary N) is 1. The molecule has 0 saturated carbocycles. The molecule has 0 radical (unpaired) electrons. The van der Waals surface area contributed by atoms with Gasteiger partial charge in [-0.05, 0) is 29.3 Å². The van der Waals surface area contributed by atoms with Crippen molar-refractivity contribution in [3.05, 3.63) is 76.6 Å². The Hall–Kier alpha value is -3.27. The zero-order valence-corrected chi connectivity index (χ0v) is 13.3. The van der Waals surface area contributed by atoms with Crippen LogP contribution in [0.25, 0.3) is 6.08 Å². The minimum absolute atomic E-state index is 0.320. The smallest absolute Gasteiger partial charge is 0.318 e. The van der Waals surface area contributed by atoms with Gasteiger partial charge in [-0.25, -0.2) is 18.7 Å². The Morgan fingerprint density at radius 3 is 2.30 bits per heavy atom. The summed E-state index contributed by atoms with van der Waals surface area (Å²) < 4.78 is 66.8. The number of hydrogen-bond donors (Lipinski definition) is 2. The lowest BCUT2D eigenvalue weighted by Crippen LogP contribution is -2.18. The number of nitrogens with zero attached hydrogens (tertiary/aromatic N) is 1. The molecule has 2 N–H and O–H groups in total. The molecule has 0 fully saturated rings. The molecule has 0 aliphatic heterocycles. The number of halogens is 5. The van der Waals surface area contributed by atoms with Gasteiger partial charge in [-0.3, -0.25) is 10.0 Å². The summed E-state index contributed by atoms with van der Waals surface area (Å²) in [5.74, 6) is -6.46. The van der Waals surface area contributed by atoms with Gasteiger partial charge >= 0.3 is 6.11 Å². The number of amides is 1. The van der Waals surface area contributed by atoms with Gasteiger partial charge in [0.1, 0.15) is 5.56 Å². The van der Waals surface area contributed by atoms with E-state index in [9.17, 15) is 26.7 Å². The van der Waals surface area contributed by atoms with Crippen molar-refractivity contribution in [2.24, 2.45) is 5.16 Å². The number of carbonyl (C=O) groups is 1. The van der Waals surface area contributed by atoms with Crippen LogP contribution in [-0.4, -0.2) is 17.3 Å². The lowest BCUT2D eigenvalue weighted by molar-refractivity contribution is -0.250. The van der Waals surface area contributed by atoms with E-state index in [0.717, 1.165) is 12.3 Å². The van der Waals surface area contributed by atoms with Gasteiger partial charge in [0, 0.05) is 6.08 Å². The van der Waals surface area contributed by atoms with E-state index in [2.05, 4.69) is 9.99 Å². The largest absolute Gasteiger partial charge is 0.449 e. The van der Waals surface area contributed by atoms with Crippen LogP contribution in [0.2, 0.25) is 0 Å². The molecule has 0 heterocycles. The molecule has 0 saturated heterocycles. The third-order valence-corrected chi connectivity index (χ3v) is 3.19. The maximum atomic E-state index is 13.8. The van der Waals surface area contributed by atoms with Gasteiger partial charge in [-0.15, -0.1) is 0 Å². The molecule has 27 heavy (non-hydrogen) atoms. The Kier molecular flexibility index (Phi) is 6.24. The van der Waals surface area contributed by atoms with E-state index in [1.54, 1.807) is 0 Å². The van der Waals surface area contributed by atoms with E-state index in [4.69, 9.17) is 5.21 Å². The fraction of sp³-hybridized carbons (Fsp3) is 0.0588. The van der Waals surface area contributed by atoms with Crippen molar-refractivity contribution in [1.29, 1.82) is 0 Å². The van der Waals surface area contributed by atoms with Crippen molar-refractivity contribution >= 4 is 18.2 Å². The number of alkyl halides is 2. The first kappa shape index (κ1) is 20.0. The van der Waals surface area contributed by atoms with Gasteiger partial charge in [0.05, 0.1) is 6.21 Å². The summed E-state index contributed by atoms with van der Waals surface area (Å²) in [7, 11) is 0. The highest BCUT2D eigenvalue weighted by Crippen LogP contribution is 2.33. The molecule has 0 aliphatic carbocycles. The molecule has 10 heteroatoms. The van der Waals surface area contributed by atoms with Crippen LogP contribution in [0.3, 0.4) is 0 Å². The Balaban J connectivity index is 2.07. The Morgan fingerprint density at radius 1 is 1.04 bits per heavy atom. The van der Waals surface area contributed by atoms with Crippen molar-refractivity contribution in [3.8, 4) is 0 Å². The first-order valence-electron chi connectivity index (χ1n) is 7.20. The second kappa shape index (κ2) is 8.41. The van der Waals surface area contributed by atoms with Crippen molar-refractivity contribution in [1.82, 2.24) is 5.48 Å². The van der Waals surface area contributed by atoms with Gasteiger partial charge < -0.3 is 4.84 Å². The van der Waals surface area contributed by atoms with Crippen LogP contribution in [0.1, 0.15) is 16.7 Å². The van der Waals surface area contributed by atoms with Crippen LogP contribution >= 0.6 is 0 Å². The third kappa shape index (κ3) is 5.11. The van der Waals surface area contributed by atoms with Crippen LogP contribution in [-0.2, 0) is 15.7 Å². The van der Waals surface area contributed by atoms with E-state index >= 15 is 0 Å². The van der Waals surface area contributed by atoms with Crippen LogP contribution in [0.4, 0.5) is 22.0 Å². The molecule has 2 rings (SSSR count). The molecule has 0 aromatic heterocycles. The molecule has 1 amide bonds. The molecule has 5 nitrogen and oxygen atoms in total. The quantitative estimate of drug-likeness (QED) is 0.199. The fourth-order valence-electron chi connectivity index (χ4n) is 1.86. The fourth-order valence-corrected chi connectivity index (χ4v) is 1.86. The average molecular weight is 386 g/mol. The summed E-state index contributed by atoms with van der Waals surface area (Å²) in [5.41, 5.74) is 0.789. The van der Waals surface area contributed by atoms with Gasteiger partial charge in [0.25, 0.3) is 5.91 Å². The molecule has 0 unspecified atom stereocenters. The summed E-state index contributed by atoms with van der Waals surface area (Å²) in [6, 6.07) is 6.61. The monoisotopic (exact) mass is 386 g/mol. The number of benzene rings is 2. The van der Waals surface area contributed by atoms with Gasteiger partial charge in [0.2, 0.25) is 0 Å². The molecule has 142 valence electrons. The van der Waals surface area contributed by atoms with Gasteiger partial charge in [0.15, 0.2) is 17.5 Å². The zero-order valence-electron chi connectivity index (χ0n) is 13.3. The Bertz CT molecular complexity index is 883. The van der Waals surface area contributed by atoms with Crippen molar-refractivity contribution in [2.75, 3.05) is 0 Å². The van der Waals surface area contributed by atoms with Crippen molar-refractivity contribution < 1.29 is 36.8 Å². The first-order valence-corrected chi connectivity index (χ1v) is 7.20. The van der Waals surface area contributed by atoms with Gasteiger partial charge in [-0.1, -0.05) is 29.4 Å². The number of rotatable bonds is 6. The van der Waals surface area contributed by atoms with Gasteiger partial charge in [-0.2, -0.15) is 8.78 Å². The molecule has 2 aromatic rings. The summed E-state index contributed by atoms with van der Waals surface area (Å²) >= 11 is 0. The summed E-state index contributed by atoms with van der Waals surface area (Å²) in [6.45, 7) is 0. The molecule has 0 aliphatic rings. The van der Waals surface area contributed by atoms with Crippen LogP contribution < -0.4 is 5.48 Å². The van der Waals surface area contributed by atoms with Crippen LogP contribution in [0, 0.1) is 17.5 Å². The molecule has 0 spiro atoms. The highest BCUT2D eigenvalue weighted by atomic mass is 19.3. The predicted molar refractivity (Wildman–Crippen MR) is 84.3 cm³/mol. The maximum absolute atomic E-state index is 13.8. The van der Waals surface area contributed by atoms with E-state index in [-0.39, 0.29) is 0 Å². The standard InChI is InChI=1S/C17H11F5N2O3/c18-13-7-6-12(15(19)16(13)20)17(21,22)27-23-9-11-3-1-10(2-4-11)5-8-14(25)24-26/h1-9,26H,(H,24,25). The van der Waals surface area contributed by atoms with Crippen molar-refractivity contribution in [3.63, 3.8) is 0 Å². The highest BCUT2D eigenvalue weighted by molar-refractivity contribution is 5.91. The number of hydrogen-bond acceptors (Lipinski definition) is 4. The minimum Gasteiger partial charge on any atom is -0.318 e. The minimum atomic E-state index is -4.32. The topological polar surface area (TPSA) is 70.9 Å². The normalized spacial score (nSPS) is 11.9. The second-order valence-electron chi connectivity index (χ2n) is 5.04. The summed E-state index contributed by atoms with van der Waals surface area (Å²) in [6.07, 6.45) is -0.999. The lowest BCUT2D eigenvalue weighted by atomic mass is 10.1. The SMILES string of the molecule is O=C(C=Cc1ccc(C=NOC(F)(F)c2ccc(F)c(F)c2F)cc1)NO. The number of oxime groups is 1. The average Bonchev–Trinajstić information content (AvgIpc) is 2.64. The molecule has 0 bridgehead atoms. The second-order valence-corrected chi connectivity index (χ2v) is 5.04. The summed E-state index contributed by atoms with van der Waals surface area (Å²) in [4.78, 5) is 14.8. The summed E-state index contributed by atoms with van der Waals surface area (Å²) in [5, 5.41) is 11.4. The molecule has 2 aromatic carbocycles. The Labute approximate surface area is 149 Å². The van der Waals surface area contributed by atoms with E-state index in [0.29, 0.717) is 23.3 Å². The lowest BCUT2D eigenvalue weighted by Gasteiger charge is -2.14. The number of hydroxylamine groups is 1. The first-order chi connectivity index (χ1) is 12.7. The predicted octanol–water partition coefficient (Wildman–Crippen LogP) is 3.72. The Morgan fingerprint density at radius 2 is 1.67 bits per heavy atom. The van der Waals surface area contributed by atoms with E-state index < -0.39 is 35.0 Å². The van der Waals surface area contributed by atoms with Crippen molar-refractivity contribution in [2.45, 2.75) is 6.11 Å². The molecular formula is C17H11F5N2O3.